The first kappa shape index (κ1) is 43.4. The molecule has 0 saturated carbocycles. The standard InChI is InChI=1S/C42H77NO2/c1-6-8-10-12-14-16-18-20-22-24-26-28-30-32-34-36-38-40(43(4)5)42(3,41(44)45)39-37-35-33-31-29-27-25-23-21-19-17-15-13-11-9-7-2/h14-17,20-23,40H,6-13,18-19,24-39H2,1-5H3,(H,44,45). The summed E-state index contributed by atoms with van der Waals surface area (Å²) in [6, 6.07) is 0.0961. The third kappa shape index (κ3) is 26.2. The van der Waals surface area contributed by atoms with Gasteiger partial charge in [-0.25, -0.2) is 0 Å². The Bertz CT molecular complexity index is 765. The maximum Gasteiger partial charge on any atom is 0.310 e. The zero-order valence-corrected chi connectivity index (χ0v) is 30.9. The topological polar surface area (TPSA) is 40.5 Å². The van der Waals surface area contributed by atoms with Crippen LogP contribution in [0.3, 0.4) is 0 Å². The summed E-state index contributed by atoms with van der Waals surface area (Å²) in [6.07, 6.45) is 49.9. The molecule has 0 bridgehead atoms. The molecular formula is C42H77NO2. The Kier molecular flexibility index (Phi) is 31.2. The number of aliphatic carboxylic acids is 1. The summed E-state index contributed by atoms with van der Waals surface area (Å²) >= 11 is 0. The maximum atomic E-state index is 12.5. The molecule has 0 amide bonds. The highest BCUT2D eigenvalue weighted by atomic mass is 16.4. The molecule has 3 nitrogen and oxygen atoms in total. The summed E-state index contributed by atoms with van der Waals surface area (Å²) in [6.45, 7) is 6.51. The van der Waals surface area contributed by atoms with E-state index >= 15 is 0 Å². The van der Waals surface area contributed by atoms with Crippen LogP contribution in [0, 0.1) is 5.41 Å². The van der Waals surface area contributed by atoms with Gasteiger partial charge in [0.25, 0.3) is 0 Å². The normalized spacial score (nSPS) is 14.5. The van der Waals surface area contributed by atoms with Crippen LogP contribution in [0.4, 0.5) is 0 Å². The summed E-state index contributed by atoms with van der Waals surface area (Å²) in [5.41, 5.74) is -0.671. The van der Waals surface area contributed by atoms with E-state index in [-0.39, 0.29) is 6.04 Å². The Hall–Kier alpha value is -1.61. The Morgan fingerprint density at radius 3 is 1.29 bits per heavy atom. The van der Waals surface area contributed by atoms with Crippen molar-refractivity contribution in [3.8, 4) is 0 Å². The van der Waals surface area contributed by atoms with E-state index in [0.717, 1.165) is 44.9 Å². The summed E-state index contributed by atoms with van der Waals surface area (Å²) in [7, 11) is 4.14. The van der Waals surface area contributed by atoms with E-state index in [4.69, 9.17) is 0 Å². The molecule has 0 radical (unpaired) electrons. The molecule has 0 aliphatic carbocycles. The molecular weight excluding hydrogens is 550 g/mol. The van der Waals surface area contributed by atoms with Crippen LogP contribution in [-0.2, 0) is 4.79 Å². The molecule has 45 heavy (non-hydrogen) atoms. The number of hydrogen-bond acceptors (Lipinski definition) is 2. The summed E-state index contributed by atoms with van der Waals surface area (Å²) in [5.74, 6) is -0.621. The van der Waals surface area contributed by atoms with E-state index in [9.17, 15) is 9.90 Å². The second kappa shape index (κ2) is 32.3. The maximum absolute atomic E-state index is 12.5. The summed E-state index contributed by atoms with van der Waals surface area (Å²) in [5, 5.41) is 10.3. The van der Waals surface area contributed by atoms with E-state index in [1.165, 1.54) is 122 Å². The average Bonchev–Trinajstić information content (AvgIpc) is 3.02. The highest BCUT2D eigenvalue weighted by molar-refractivity contribution is 5.75. The lowest BCUT2D eigenvalue weighted by Gasteiger charge is -2.38. The lowest BCUT2D eigenvalue weighted by atomic mass is 9.75. The first-order valence-corrected chi connectivity index (χ1v) is 19.4. The van der Waals surface area contributed by atoms with E-state index in [1.807, 2.05) is 6.92 Å². The molecule has 0 saturated heterocycles. The molecule has 2 atom stereocenters. The minimum atomic E-state index is -0.671. The highest BCUT2D eigenvalue weighted by Gasteiger charge is 2.41. The van der Waals surface area contributed by atoms with Crippen molar-refractivity contribution in [3.05, 3.63) is 48.6 Å². The largest absolute Gasteiger partial charge is 0.481 e. The fraction of sp³-hybridized carbons (Fsp3) is 0.786. The average molecular weight is 628 g/mol. The van der Waals surface area contributed by atoms with Crippen molar-refractivity contribution in [2.75, 3.05) is 14.1 Å². The number of nitrogens with zero attached hydrogens (tertiary/aromatic N) is 1. The number of carboxylic acids is 1. The number of allylic oxidation sites excluding steroid dienone is 8. The Labute approximate surface area is 282 Å². The molecule has 0 aliphatic rings. The van der Waals surface area contributed by atoms with E-state index < -0.39 is 11.4 Å². The van der Waals surface area contributed by atoms with Gasteiger partial charge in [0, 0.05) is 6.04 Å². The van der Waals surface area contributed by atoms with Gasteiger partial charge in [-0.05, 0) is 98.1 Å². The number of unbranched alkanes of at least 4 members (excludes halogenated alkanes) is 18. The van der Waals surface area contributed by atoms with Gasteiger partial charge in [0.1, 0.15) is 0 Å². The minimum absolute atomic E-state index is 0.0961. The van der Waals surface area contributed by atoms with Gasteiger partial charge in [-0.2, -0.15) is 0 Å². The SMILES string of the molecule is CCCCCC=CCC=CCCCCCCCCC(N(C)C)C(C)(CCCCCCCCC=CCC=CCCCCC)C(=O)O. The summed E-state index contributed by atoms with van der Waals surface area (Å²) < 4.78 is 0. The van der Waals surface area contributed by atoms with Crippen LogP contribution in [0.25, 0.3) is 0 Å². The van der Waals surface area contributed by atoms with Crippen molar-refractivity contribution in [1.82, 2.24) is 4.90 Å². The molecule has 0 spiro atoms. The van der Waals surface area contributed by atoms with Gasteiger partial charge in [0.15, 0.2) is 0 Å². The second-order valence-corrected chi connectivity index (χ2v) is 13.9. The molecule has 0 rings (SSSR count). The summed E-state index contributed by atoms with van der Waals surface area (Å²) in [4.78, 5) is 14.7. The van der Waals surface area contributed by atoms with Crippen molar-refractivity contribution in [2.45, 2.75) is 194 Å². The van der Waals surface area contributed by atoms with E-state index in [1.54, 1.807) is 0 Å². The fourth-order valence-electron chi connectivity index (χ4n) is 6.37. The van der Waals surface area contributed by atoms with Crippen molar-refractivity contribution < 1.29 is 9.90 Å². The van der Waals surface area contributed by atoms with Gasteiger partial charge < -0.3 is 10.0 Å². The zero-order valence-electron chi connectivity index (χ0n) is 30.9. The third-order valence-electron chi connectivity index (χ3n) is 9.42. The number of hydrogen-bond donors (Lipinski definition) is 1. The van der Waals surface area contributed by atoms with E-state index in [2.05, 4.69) is 81.5 Å². The molecule has 0 aromatic heterocycles. The van der Waals surface area contributed by atoms with Gasteiger partial charge >= 0.3 is 5.97 Å². The number of carboxylic acid groups (broad SMARTS) is 1. The number of carbonyl (C=O) groups is 1. The van der Waals surface area contributed by atoms with Gasteiger partial charge in [0.05, 0.1) is 5.41 Å². The highest BCUT2D eigenvalue weighted by Crippen LogP contribution is 2.35. The van der Waals surface area contributed by atoms with Gasteiger partial charge in [0.2, 0.25) is 0 Å². The second-order valence-electron chi connectivity index (χ2n) is 13.9. The Morgan fingerprint density at radius 1 is 0.556 bits per heavy atom. The lowest BCUT2D eigenvalue weighted by Crippen LogP contribution is -2.47. The molecule has 262 valence electrons. The fourth-order valence-corrected chi connectivity index (χ4v) is 6.37. The van der Waals surface area contributed by atoms with Crippen LogP contribution in [0.2, 0.25) is 0 Å². The molecule has 0 heterocycles. The first-order valence-electron chi connectivity index (χ1n) is 19.4. The molecule has 0 aliphatic heterocycles. The van der Waals surface area contributed by atoms with Crippen LogP contribution in [0.15, 0.2) is 48.6 Å². The van der Waals surface area contributed by atoms with E-state index in [0.29, 0.717) is 0 Å². The van der Waals surface area contributed by atoms with Crippen LogP contribution < -0.4 is 0 Å². The van der Waals surface area contributed by atoms with Crippen molar-refractivity contribution in [3.63, 3.8) is 0 Å². The molecule has 0 fully saturated rings. The smallest absolute Gasteiger partial charge is 0.310 e. The number of rotatable bonds is 33. The zero-order chi connectivity index (χ0) is 33.3. The van der Waals surface area contributed by atoms with Gasteiger partial charge in [-0.15, -0.1) is 0 Å². The van der Waals surface area contributed by atoms with Crippen molar-refractivity contribution in [1.29, 1.82) is 0 Å². The molecule has 2 unspecified atom stereocenters. The monoisotopic (exact) mass is 628 g/mol. The van der Waals surface area contributed by atoms with Crippen molar-refractivity contribution >= 4 is 5.97 Å². The molecule has 3 heteroatoms. The quantitative estimate of drug-likeness (QED) is 0.0581. The van der Waals surface area contributed by atoms with Crippen LogP contribution in [-0.4, -0.2) is 36.1 Å². The van der Waals surface area contributed by atoms with Gasteiger partial charge in [-0.1, -0.05) is 152 Å². The predicted octanol–water partition coefficient (Wildman–Crippen LogP) is 13.4. The van der Waals surface area contributed by atoms with Crippen LogP contribution >= 0.6 is 0 Å². The third-order valence-corrected chi connectivity index (χ3v) is 9.42. The lowest BCUT2D eigenvalue weighted by molar-refractivity contribution is -0.152. The molecule has 1 N–H and O–H groups in total. The molecule has 0 aromatic rings. The Balaban J connectivity index is 4.05. The molecule has 0 aromatic carbocycles. The predicted molar refractivity (Wildman–Crippen MR) is 201 cm³/mol. The Morgan fingerprint density at radius 2 is 0.911 bits per heavy atom. The van der Waals surface area contributed by atoms with Crippen LogP contribution in [0.5, 0.6) is 0 Å². The van der Waals surface area contributed by atoms with Gasteiger partial charge in [-0.3, -0.25) is 4.79 Å². The van der Waals surface area contributed by atoms with Crippen LogP contribution in [0.1, 0.15) is 188 Å². The first-order chi connectivity index (χ1) is 21.9. The minimum Gasteiger partial charge on any atom is -0.481 e. The van der Waals surface area contributed by atoms with Crippen molar-refractivity contribution in [2.24, 2.45) is 5.41 Å².